The van der Waals surface area contributed by atoms with Crippen molar-refractivity contribution in [2.75, 3.05) is 6.61 Å². The number of nitrogens with one attached hydrogen (secondary N) is 2. The van der Waals surface area contributed by atoms with Crippen molar-refractivity contribution >= 4 is 11.8 Å². The number of hydrazine groups is 1. The Bertz CT molecular complexity index is 508. The van der Waals surface area contributed by atoms with Gasteiger partial charge in [-0.25, -0.2) is 0 Å². The van der Waals surface area contributed by atoms with Crippen LogP contribution in [0, 0.1) is 25.7 Å². The number of hydrogen-bond donors (Lipinski definition) is 2. The second-order valence-corrected chi connectivity index (χ2v) is 5.47. The van der Waals surface area contributed by atoms with Gasteiger partial charge in [0.1, 0.15) is 5.75 Å². The van der Waals surface area contributed by atoms with Crippen LogP contribution >= 0.6 is 0 Å². The molecule has 1 aromatic rings. The van der Waals surface area contributed by atoms with E-state index in [2.05, 4.69) is 10.9 Å². The van der Waals surface area contributed by atoms with Gasteiger partial charge in [-0.3, -0.25) is 20.4 Å². The fourth-order valence-corrected chi connectivity index (χ4v) is 2.11. The quantitative estimate of drug-likeness (QED) is 0.819. The first-order valence-corrected chi connectivity index (χ1v) is 6.75. The average molecular weight is 276 g/mol. The summed E-state index contributed by atoms with van der Waals surface area (Å²) in [5.41, 5.74) is 6.94. The summed E-state index contributed by atoms with van der Waals surface area (Å²) in [6.45, 7) is 5.83. The first-order valence-electron chi connectivity index (χ1n) is 6.75. The van der Waals surface area contributed by atoms with E-state index in [1.54, 1.807) is 0 Å². The summed E-state index contributed by atoms with van der Waals surface area (Å²) < 4.78 is 5.40. The molecular weight excluding hydrogens is 256 g/mol. The van der Waals surface area contributed by atoms with Gasteiger partial charge in [-0.05, 0) is 49.4 Å². The van der Waals surface area contributed by atoms with Crippen LogP contribution in [0.5, 0.6) is 5.75 Å². The van der Waals surface area contributed by atoms with E-state index < -0.39 is 0 Å². The lowest BCUT2D eigenvalue weighted by atomic mass is 10.1. The van der Waals surface area contributed by atoms with E-state index in [1.807, 2.05) is 39.0 Å². The highest BCUT2D eigenvalue weighted by atomic mass is 16.5. The minimum Gasteiger partial charge on any atom is -0.484 e. The number of benzene rings is 1. The first kappa shape index (κ1) is 14.4. The van der Waals surface area contributed by atoms with Crippen LogP contribution in [0.1, 0.15) is 24.5 Å². The fraction of sp³-hybridized carbons (Fsp3) is 0.467. The van der Waals surface area contributed by atoms with Crippen LogP contribution in [0.3, 0.4) is 0 Å². The molecule has 2 amide bonds. The summed E-state index contributed by atoms with van der Waals surface area (Å²) in [6, 6.07) is 5.76. The monoisotopic (exact) mass is 276 g/mol. The Kier molecular flexibility index (Phi) is 4.27. The summed E-state index contributed by atoms with van der Waals surface area (Å²) in [6.07, 6.45) is 0.890. The Morgan fingerprint density at radius 3 is 2.35 bits per heavy atom. The maximum Gasteiger partial charge on any atom is 0.276 e. The topological polar surface area (TPSA) is 67.4 Å². The molecule has 5 nitrogen and oxygen atoms in total. The molecule has 0 saturated heterocycles. The van der Waals surface area contributed by atoms with Gasteiger partial charge in [0, 0.05) is 5.92 Å². The molecule has 1 aromatic carbocycles. The third-order valence-corrected chi connectivity index (χ3v) is 3.34. The molecule has 1 saturated carbocycles. The number of carbonyl (C=O) groups excluding carboxylic acids is 2. The first-order chi connectivity index (χ1) is 9.45. The number of ether oxygens (including phenoxy) is 1. The molecule has 0 aliphatic heterocycles. The zero-order valence-corrected chi connectivity index (χ0v) is 12.0. The van der Waals surface area contributed by atoms with E-state index in [-0.39, 0.29) is 24.3 Å². The van der Waals surface area contributed by atoms with Gasteiger partial charge < -0.3 is 4.74 Å². The van der Waals surface area contributed by atoms with E-state index in [1.165, 1.54) is 0 Å². The van der Waals surface area contributed by atoms with E-state index in [0.717, 1.165) is 17.5 Å². The second kappa shape index (κ2) is 5.94. The SMILES string of the molecule is Cc1cc(C)cc(OCC(=O)NNC(=O)C2CC2C)c1. The van der Waals surface area contributed by atoms with Crippen molar-refractivity contribution in [1.29, 1.82) is 0 Å². The Balaban J connectivity index is 1.73. The van der Waals surface area contributed by atoms with E-state index in [4.69, 9.17) is 4.74 Å². The minimum absolute atomic E-state index is 0.0376. The Morgan fingerprint density at radius 2 is 1.80 bits per heavy atom. The number of carbonyl (C=O) groups is 2. The Morgan fingerprint density at radius 1 is 1.20 bits per heavy atom. The van der Waals surface area contributed by atoms with Crippen LogP contribution in [0.15, 0.2) is 18.2 Å². The minimum atomic E-state index is -0.370. The van der Waals surface area contributed by atoms with E-state index in [9.17, 15) is 9.59 Å². The molecule has 1 fully saturated rings. The highest BCUT2D eigenvalue weighted by Gasteiger charge is 2.39. The highest BCUT2D eigenvalue weighted by molar-refractivity contribution is 5.85. The van der Waals surface area contributed by atoms with Gasteiger partial charge in [-0.15, -0.1) is 0 Å². The maximum atomic E-state index is 11.6. The molecule has 0 heterocycles. The summed E-state index contributed by atoms with van der Waals surface area (Å²) in [7, 11) is 0. The smallest absolute Gasteiger partial charge is 0.276 e. The van der Waals surface area contributed by atoms with Gasteiger partial charge in [0.2, 0.25) is 5.91 Å². The molecule has 0 spiro atoms. The molecule has 2 N–H and O–H groups in total. The van der Waals surface area contributed by atoms with Gasteiger partial charge in [-0.2, -0.15) is 0 Å². The lowest BCUT2D eigenvalue weighted by Gasteiger charge is -2.09. The number of rotatable bonds is 4. The van der Waals surface area contributed by atoms with Crippen LogP contribution < -0.4 is 15.6 Å². The van der Waals surface area contributed by atoms with Crippen LogP contribution in [0.2, 0.25) is 0 Å². The molecule has 2 unspecified atom stereocenters. The lowest BCUT2D eigenvalue weighted by molar-refractivity contribution is -0.130. The van der Waals surface area contributed by atoms with E-state index in [0.29, 0.717) is 11.7 Å². The van der Waals surface area contributed by atoms with Gasteiger partial charge in [-0.1, -0.05) is 13.0 Å². The van der Waals surface area contributed by atoms with Crippen molar-refractivity contribution in [1.82, 2.24) is 10.9 Å². The van der Waals surface area contributed by atoms with Crippen molar-refractivity contribution in [3.63, 3.8) is 0 Å². The molecule has 0 aromatic heterocycles. The van der Waals surface area contributed by atoms with Crippen molar-refractivity contribution in [3.05, 3.63) is 29.3 Å². The number of hydrogen-bond acceptors (Lipinski definition) is 3. The van der Waals surface area contributed by atoms with Crippen LogP contribution in [0.4, 0.5) is 0 Å². The highest BCUT2D eigenvalue weighted by Crippen LogP contribution is 2.37. The van der Waals surface area contributed by atoms with Crippen molar-refractivity contribution in [2.24, 2.45) is 11.8 Å². The van der Waals surface area contributed by atoms with Gasteiger partial charge in [0.05, 0.1) is 0 Å². The standard InChI is InChI=1S/C15H20N2O3/c1-9-4-10(2)6-12(5-9)20-8-14(18)16-17-15(19)13-7-11(13)3/h4-6,11,13H,7-8H2,1-3H3,(H,16,18)(H,17,19). The summed E-state index contributed by atoms with van der Waals surface area (Å²) >= 11 is 0. The third kappa shape index (κ3) is 3.98. The predicted octanol–water partition coefficient (Wildman–Crippen LogP) is 1.49. The summed E-state index contributed by atoms with van der Waals surface area (Å²) in [5.74, 6) is 0.608. The predicted molar refractivity (Wildman–Crippen MR) is 75.0 cm³/mol. The zero-order chi connectivity index (χ0) is 14.7. The second-order valence-electron chi connectivity index (χ2n) is 5.47. The lowest BCUT2D eigenvalue weighted by Crippen LogP contribution is -2.44. The van der Waals surface area contributed by atoms with E-state index >= 15 is 0 Å². The number of aryl methyl sites for hydroxylation is 2. The molecule has 0 radical (unpaired) electrons. The molecular formula is C15H20N2O3. The fourth-order valence-electron chi connectivity index (χ4n) is 2.11. The van der Waals surface area contributed by atoms with Gasteiger partial charge in [0.15, 0.2) is 6.61 Å². The maximum absolute atomic E-state index is 11.6. The average Bonchev–Trinajstić information content (AvgIpc) is 3.09. The van der Waals surface area contributed by atoms with Crippen LogP contribution in [-0.2, 0) is 9.59 Å². The van der Waals surface area contributed by atoms with Crippen molar-refractivity contribution in [3.8, 4) is 5.75 Å². The summed E-state index contributed by atoms with van der Waals surface area (Å²) in [5, 5.41) is 0. The van der Waals surface area contributed by atoms with Crippen molar-refractivity contribution < 1.29 is 14.3 Å². The molecule has 2 rings (SSSR count). The Hall–Kier alpha value is -2.04. The normalized spacial score (nSPS) is 20.1. The molecule has 20 heavy (non-hydrogen) atoms. The van der Waals surface area contributed by atoms with Crippen LogP contribution in [-0.4, -0.2) is 18.4 Å². The van der Waals surface area contributed by atoms with Crippen molar-refractivity contribution in [2.45, 2.75) is 27.2 Å². The molecule has 1 aliphatic rings. The molecule has 108 valence electrons. The largest absolute Gasteiger partial charge is 0.484 e. The zero-order valence-electron chi connectivity index (χ0n) is 12.0. The van der Waals surface area contributed by atoms with Gasteiger partial charge in [0.25, 0.3) is 5.91 Å². The van der Waals surface area contributed by atoms with Gasteiger partial charge >= 0.3 is 0 Å². The molecule has 0 bridgehead atoms. The third-order valence-electron chi connectivity index (χ3n) is 3.34. The summed E-state index contributed by atoms with van der Waals surface area (Å²) in [4.78, 5) is 23.1. The Labute approximate surface area is 118 Å². The number of amides is 2. The molecule has 5 heteroatoms. The molecule has 2 atom stereocenters. The van der Waals surface area contributed by atoms with Crippen LogP contribution in [0.25, 0.3) is 0 Å². The molecule has 1 aliphatic carbocycles.